The second kappa shape index (κ2) is 5.27. The van der Waals surface area contributed by atoms with Crippen LogP contribution in [0.3, 0.4) is 0 Å². The molecule has 5 nitrogen and oxygen atoms in total. The van der Waals surface area contributed by atoms with Gasteiger partial charge in [-0.15, -0.1) is 0 Å². The van der Waals surface area contributed by atoms with Crippen LogP contribution in [0, 0.1) is 0 Å². The van der Waals surface area contributed by atoms with E-state index < -0.39 is 12.0 Å². The number of rotatable bonds is 3. The van der Waals surface area contributed by atoms with Gasteiger partial charge in [0.25, 0.3) is 5.91 Å². The van der Waals surface area contributed by atoms with E-state index in [2.05, 4.69) is 10.6 Å². The highest BCUT2D eigenvalue weighted by molar-refractivity contribution is 5.95. The van der Waals surface area contributed by atoms with Crippen LogP contribution in [0.5, 0.6) is 0 Å². The van der Waals surface area contributed by atoms with Crippen LogP contribution in [0.2, 0.25) is 0 Å². The Bertz CT molecular complexity index is 402. The maximum atomic E-state index is 11.2. The molecule has 0 fully saturated rings. The molecule has 0 aliphatic rings. The van der Waals surface area contributed by atoms with E-state index >= 15 is 0 Å². The van der Waals surface area contributed by atoms with Crippen molar-refractivity contribution in [1.29, 1.82) is 0 Å². The second-order valence-electron chi connectivity index (χ2n) is 3.43. The van der Waals surface area contributed by atoms with E-state index in [0.29, 0.717) is 11.4 Å². The van der Waals surface area contributed by atoms with Crippen LogP contribution in [0.4, 0.5) is 11.4 Å². The van der Waals surface area contributed by atoms with Crippen LogP contribution in [0.25, 0.3) is 0 Å². The Morgan fingerprint density at radius 2 is 1.81 bits per heavy atom. The summed E-state index contributed by atoms with van der Waals surface area (Å²) in [5.41, 5.74) is 1.12. The maximum absolute atomic E-state index is 11.2. The molecule has 16 heavy (non-hydrogen) atoms. The van der Waals surface area contributed by atoms with Crippen molar-refractivity contribution in [3.8, 4) is 0 Å². The fourth-order valence-corrected chi connectivity index (χ4v) is 1.12. The van der Waals surface area contributed by atoms with E-state index in [-0.39, 0.29) is 5.91 Å². The average Bonchev–Trinajstić information content (AvgIpc) is 2.16. The van der Waals surface area contributed by atoms with Crippen molar-refractivity contribution >= 4 is 23.2 Å². The van der Waals surface area contributed by atoms with E-state index in [1.165, 1.54) is 13.8 Å². The zero-order valence-electron chi connectivity index (χ0n) is 9.15. The number of aliphatic hydroxyl groups excluding tert-OH is 1. The smallest absolute Gasteiger partial charge is 0.252 e. The van der Waals surface area contributed by atoms with Crippen LogP contribution in [0.15, 0.2) is 24.3 Å². The largest absolute Gasteiger partial charge is 0.384 e. The Balaban J connectivity index is 2.74. The van der Waals surface area contributed by atoms with Gasteiger partial charge in [-0.25, -0.2) is 0 Å². The number of amides is 2. The molecular weight excluding hydrogens is 208 g/mol. The predicted octanol–water partition coefficient (Wildman–Crippen LogP) is 0.964. The number of aliphatic hydroxyl groups is 1. The molecule has 0 radical (unpaired) electrons. The lowest BCUT2D eigenvalue weighted by Gasteiger charge is -2.08. The van der Waals surface area contributed by atoms with Gasteiger partial charge in [0.05, 0.1) is 0 Å². The number of benzene rings is 1. The molecule has 0 heterocycles. The molecular formula is C11H14N2O3. The van der Waals surface area contributed by atoms with E-state index in [4.69, 9.17) is 5.11 Å². The fourth-order valence-electron chi connectivity index (χ4n) is 1.12. The summed E-state index contributed by atoms with van der Waals surface area (Å²) in [7, 11) is 0. The number of carbonyl (C=O) groups excluding carboxylic acids is 2. The molecule has 2 amide bonds. The van der Waals surface area contributed by atoms with Gasteiger partial charge in [-0.1, -0.05) is 6.07 Å². The quantitative estimate of drug-likeness (QED) is 0.712. The molecule has 1 rings (SSSR count). The third-order valence-corrected chi connectivity index (χ3v) is 1.83. The third kappa shape index (κ3) is 3.70. The first-order chi connectivity index (χ1) is 7.49. The minimum Gasteiger partial charge on any atom is -0.384 e. The summed E-state index contributed by atoms with van der Waals surface area (Å²) in [6, 6.07) is 6.69. The van der Waals surface area contributed by atoms with Crippen LogP contribution in [0.1, 0.15) is 13.8 Å². The van der Waals surface area contributed by atoms with Gasteiger partial charge in [-0.05, 0) is 25.1 Å². The minimum absolute atomic E-state index is 0.181. The molecule has 86 valence electrons. The Kier molecular flexibility index (Phi) is 4.02. The van der Waals surface area contributed by atoms with Crippen molar-refractivity contribution in [1.82, 2.24) is 0 Å². The molecule has 3 N–H and O–H groups in total. The van der Waals surface area contributed by atoms with Gasteiger partial charge in [0.2, 0.25) is 5.91 Å². The summed E-state index contributed by atoms with van der Waals surface area (Å²) < 4.78 is 0. The van der Waals surface area contributed by atoms with Crippen molar-refractivity contribution in [3.63, 3.8) is 0 Å². The number of hydrogen-bond acceptors (Lipinski definition) is 3. The highest BCUT2D eigenvalue weighted by atomic mass is 16.3. The van der Waals surface area contributed by atoms with E-state index in [1.807, 2.05) is 0 Å². The van der Waals surface area contributed by atoms with Gasteiger partial charge in [-0.3, -0.25) is 9.59 Å². The molecule has 5 heteroatoms. The van der Waals surface area contributed by atoms with Gasteiger partial charge in [0.1, 0.15) is 6.10 Å². The zero-order valence-corrected chi connectivity index (χ0v) is 9.15. The first-order valence-corrected chi connectivity index (χ1v) is 4.85. The topological polar surface area (TPSA) is 78.4 Å². The zero-order chi connectivity index (χ0) is 12.1. The lowest BCUT2D eigenvalue weighted by molar-refractivity contribution is -0.123. The average molecular weight is 222 g/mol. The Morgan fingerprint density at radius 3 is 2.31 bits per heavy atom. The number of hydrogen-bond donors (Lipinski definition) is 3. The van der Waals surface area contributed by atoms with Crippen molar-refractivity contribution in [3.05, 3.63) is 24.3 Å². The lowest BCUT2D eigenvalue weighted by Crippen LogP contribution is -2.24. The van der Waals surface area contributed by atoms with Gasteiger partial charge in [0, 0.05) is 18.3 Å². The van der Waals surface area contributed by atoms with Crippen molar-refractivity contribution in [2.45, 2.75) is 20.0 Å². The molecule has 0 aromatic heterocycles. The SMILES string of the molecule is CC(=O)Nc1cccc(NC(=O)C(C)O)c1. The molecule has 0 saturated heterocycles. The molecule has 0 aliphatic heterocycles. The monoisotopic (exact) mass is 222 g/mol. The van der Waals surface area contributed by atoms with Crippen LogP contribution >= 0.6 is 0 Å². The summed E-state index contributed by atoms with van der Waals surface area (Å²) >= 11 is 0. The van der Waals surface area contributed by atoms with E-state index in [1.54, 1.807) is 24.3 Å². The van der Waals surface area contributed by atoms with Crippen LogP contribution in [-0.4, -0.2) is 23.0 Å². The Hall–Kier alpha value is -1.88. The summed E-state index contributed by atoms with van der Waals surface area (Å²) in [5, 5.41) is 14.1. The highest BCUT2D eigenvalue weighted by Crippen LogP contribution is 2.15. The molecule has 0 spiro atoms. The predicted molar refractivity (Wildman–Crippen MR) is 61.1 cm³/mol. The number of anilines is 2. The second-order valence-corrected chi connectivity index (χ2v) is 3.43. The summed E-state index contributed by atoms with van der Waals surface area (Å²) in [6.07, 6.45) is -1.07. The van der Waals surface area contributed by atoms with Crippen molar-refractivity contribution in [2.24, 2.45) is 0 Å². The summed E-state index contributed by atoms with van der Waals surface area (Å²) in [6.45, 7) is 2.79. The molecule has 1 aromatic rings. The molecule has 1 aromatic carbocycles. The Labute approximate surface area is 93.5 Å². The Morgan fingerprint density at radius 1 is 1.25 bits per heavy atom. The standard InChI is InChI=1S/C11H14N2O3/c1-7(14)11(16)13-10-5-3-4-9(6-10)12-8(2)15/h3-7,14H,1-2H3,(H,12,15)(H,13,16). The first-order valence-electron chi connectivity index (χ1n) is 4.85. The van der Waals surface area contributed by atoms with Gasteiger partial charge < -0.3 is 15.7 Å². The van der Waals surface area contributed by atoms with Gasteiger partial charge in [0.15, 0.2) is 0 Å². The summed E-state index contributed by atoms with van der Waals surface area (Å²) in [5.74, 6) is -0.668. The summed E-state index contributed by atoms with van der Waals surface area (Å²) in [4.78, 5) is 22.0. The van der Waals surface area contributed by atoms with Gasteiger partial charge in [-0.2, -0.15) is 0 Å². The molecule has 0 bridgehead atoms. The molecule has 0 saturated carbocycles. The molecule has 0 aliphatic carbocycles. The van der Waals surface area contributed by atoms with Crippen LogP contribution in [-0.2, 0) is 9.59 Å². The maximum Gasteiger partial charge on any atom is 0.252 e. The number of nitrogens with one attached hydrogen (secondary N) is 2. The first kappa shape index (κ1) is 12.2. The highest BCUT2D eigenvalue weighted by Gasteiger charge is 2.08. The minimum atomic E-state index is -1.07. The lowest BCUT2D eigenvalue weighted by atomic mass is 10.2. The molecule has 1 atom stereocenters. The van der Waals surface area contributed by atoms with Crippen molar-refractivity contribution < 1.29 is 14.7 Å². The van der Waals surface area contributed by atoms with Crippen molar-refractivity contribution in [2.75, 3.05) is 10.6 Å². The number of carbonyl (C=O) groups is 2. The van der Waals surface area contributed by atoms with E-state index in [0.717, 1.165) is 0 Å². The van der Waals surface area contributed by atoms with E-state index in [9.17, 15) is 9.59 Å². The third-order valence-electron chi connectivity index (χ3n) is 1.83. The molecule has 1 unspecified atom stereocenters. The van der Waals surface area contributed by atoms with Gasteiger partial charge >= 0.3 is 0 Å². The normalized spacial score (nSPS) is 11.7. The fraction of sp³-hybridized carbons (Fsp3) is 0.273. The van der Waals surface area contributed by atoms with Crippen LogP contribution < -0.4 is 10.6 Å².